The maximum Gasteiger partial charge on any atom is 0.242 e. The number of hydrogen-bond donors (Lipinski definition) is 3. The van der Waals surface area contributed by atoms with Crippen molar-refractivity contribution in [1.29, 1.82) is 0 Å². The zero-order valence-corrected chi connectivity index (χ0v) is 13.1. The summed E-state index contributed by atoms with van der Waals surface area (Å²) in [5, 5.41) is 9.25. The highest BCUT2D eigenvalue weighted by Crippen LogP contribution is 2.21. The van der Waals surface area contributed by atoms with Crippen molar-refractivity contribution in [3.63, 3.8) is 0 Å². The number of hydrogen-bond acceptors (Lipinski definition) is 3. The number of rotatable bonds is 5. The van der Waals surface area contributed by atoms with E-state index in [0.717, 1.165) is 22.4 Å². The molecule has 4 heteroatoms. The summed E-state index contributed by atoms with van der Waals surface area (Å²) in [6.45, 7) is 0. The first-order valence-corrected chi connectivity index (χ1v) is 7.69. The number of carbonyl (C=O) groups excluding carboxylic acids is 1. The average molecular weight is 318 g/mol. The highest BCUT2D eigenvalue weighted by molar-refractivity contribution is 5.80. The van der Waals surface area contributed by atoms with Crippen LogP contribution in [0.2, 0.25) is 0 Å². The molecule has 0 radical (unpaired) electrons. The minimum atomic E-state index is -0.147. The Balaban J connectivity index is 1.60. The largest absolute Gasteiger partial charge is 0.508 e. The van der Waals surface area contributed by atoms with Crippen LogP contribution in [0.3, 0.4) is 0 Å². The maximum atomic E-state index is 12.0. The Kier molecular flexibility index (Phi) is 4.77. The number of nitrogens with one attached hydrogen (secondary N) is 2. The lowest BCUT2D eigenvalue weighted by Crippen LogP contribution is -2.30. The lowest BCUT2D eigenvalue weighted by Gasteiger charge is -2.10. The Hall–Kier alpha value is -3.27. The lowest BCUT2D eigenvalue weighted by molar-refractivity contribution is -0.119. The van der Waals surface area contributed by atoms with Crippen LogP contribution in [-0.2, 0) is 11.2 Å². The Morgan fingerprint density at radius 3 is 2.29 bits per heavy atom. The van der Waals surface area contributed by atoms with Crippen LogP contribution in [0.1, 0.15) is 5.56 Å². The second-order valence-corrected chi connectivity index (χ2v) is 5.46. The van der Waals surface area contributed by atoms with Crippen molar-refractivity contribution in [2.24, 2.45) is 0 Å². The molecule has 3 N–H and O–H groups in total. The first kappa shape index (κ1) is 15.6. The van der Waals surface area contributed by atoms with Gasteiger partial charge in [0.15, 0.2) is 0 Å². The van der Waals surface area contributed by atoms with Gasteiger partial charge in [-0.25, -0.2) is 0 Å². The summed E-state index contributed by atoms with van der Waals surface area (Å²) in [5.74, 6) is 0.0424. The standard InChI is InChI=1S/C20H18N2O2/c23-19-11-9-15(10-12-19)13-20(24)22-21-18-8-4-7-17(14-18)16-5-2-1-3-6-16/h1-12,14,21,23H,13H2,(H,22,24). The fourth-order valence-electron chi connectivity index (χ4n) is 2.39. The lowest BCUT2D eigenvalue weighted by atomic mass is 10.1. The number of amides is 1. The summed E-state index contributed by atoms with van der Waals surface area (Å²) in [6, 6.07) is 24.5. The molecule has 120 valence electrons. The molecule has 0 unspecified atom stereocenters. The van der Waals surface area contributed by atoms with Crippen LogP contribution >= 0.6 is 0 Å². The van der Waals surface area contributed by atoms with Crippen LogP contribution in [0.4, 0.5) is 5.69 Å². The topological polar surface area (TPSA) is 61.4 Å². The normalized spacial score (nSPS) is 10.2. The monoisotopic (exact) mass is 318 g/mol. The SMILES string of the molecule is O=C(Cc1ccc(O)cc1)NNc1cccc(-c2ccccc2)c1. The molecule has 0 aliphatic carbocycles. The molecule has 0 saturated carbocycles. The van der Waals surface area contributed by atoms with Gasteiger partial charge in [0.05, 0.1) is 12.1 Å². The van der Waals surface area contributed by atoms with Crippen molar-refractivity contribution >= 4 is 11.6 Å². The van der Waals surface area contributed by atoms with E-state index in [1.54, 1.807) is 24.3 Å². The minimum absolute atomic E-state index is 0.147. The second kappa shape index (κ2) is 7.33. The maximum absolute atomic E-state index is 12.0. The Bertz CT molecular complexity index is 815. The van der Waals surface area contributed by atoms with E-state index in [0.29, 0.717) is 0 Å². The molecule has 3 aromatic rings. The number of hydrazine groups is 1. The van der Waals surface area contributed by atoms with Gasteiger partial charge in [0.1, 0.15) is 5.75 Å². The van der Waals surface area contributed by atoms with E-state index in [2.05, 4.69) is 10.9 Å². The third-order valence-electron chi connectivity index (χ3n) is 3.62. The van der Waals surface area contributed by atoms with Gasteiger partial charge in [-0.1, -0.05) is 54.6 Å². The summed E-state index contributed by atoms with van der Waals surface area (Å²) < 4.78 is 0. The Morgan fingerprint density at radius 1 is 0.833 bits per heavy atom. The van der Waals surface area contributed by atoms with Crippen LogP contribution in [0, 0.1) is 0 Å². The predicted molar refractivity (Wildman–Crippen MR) is 95.5 cm³/mol. The summed E-state index contributed by atoms with van der Waals surface area (Å²) in [4.78, 5) is 12.0. The fraction of sp³-hybridized carbons (Fsp3) is 0.0500. The third kappa shape index (κ3) is 4.14. The number of phenols is 1. The van der Waals surface area contributed by atoms with Crippen molar-refractivity contribution in [2.75, 3.05) is 5.43 Å². The summed E-state index contributed by atoms with van der Waals surface area (Å²) in [7, 11) is 0. The van der Waals surface area contributed by atoms with Crippen LogP contribution in [-0.4, -0.2) is 11.0 Å². The molecule has 0 fully saturated rings. The number of anilines is 1. The van der Waals surface area contributed by atoms with Crippen LogP contribution in [0.25, 0.3) is 11.1 Å². The average Bonchev–Trinajstić information content (AvgIpc) is 2.63. The summed E-state index contributed by atoms with van der Waals surface area (Å²) in [5.41, 5.74) is 9.48. The highest BCUT2D eigenvalue weighted by Gasteiger charge is 2.04. The second-order valence-electron chi connectivity index (χ2n) is 5.46. The van der Waals surface area contributed by atoms with E-state index in [4.69, 9.17) is 0 Å². The van der Waals surface area contributed by atoms with Gasteiger partial charge in [0, 0.05) is 0 Å². The molecule has 0 aliphatic heterocycles. The first-order chi connectivity index (χ1) is 11.7. The van der Waals surface area contributed by atoms with Gasteiger partial charge in [0.2, 0.25) is 5.91 Å². The Morgan fingerprint density at radius 2 is 1.54 bits per heavy atom. The molecular formula is C20H18N2O2. The molecule has 3 aromatic carbocycles. The number of phenolic OH excluding ortho intramolecular Hbond substituents is 1. The van der Waals surface area contributed by atoms with Crippen LogP contribution in [0.15, 0.2) is 78.9 Å². The quantitative estimate of drug-likeness (QED) is 0.628. The van der Waals surface area contributed by atoms with E-state index in [9.17, 15) is 9.90 Å². The van der Waals surface area contributed by atoms with Crippen LogP contribution in [0.5, 0.6) is 5.75 Å². The summed E-state index contributed by atoms with van der Waals surface area (Å²) in [6.07, 6.45) is 0.242. The summed E-state index contributed by atoms with van der Waals surface area (Å²) >= 11 is 0. The molecule has 0 spiro atoms. The van der Waals surface area contributed by atoms with E-state index in [-0.39, 0.29) is 18.1 Å². The molecule has 0 saturated heterocycles. The molecule has 3 rings (SSSR count). The number of carbonyl (C=O) groups is 1. The molecule has 4 nitrogen and oxygen atoms in total. The van der Waals surface area contributed by atoms with Crippen molar-refractivity contribution in [3.8, 4) is 16.9 Å². The zero-order valence-electron chi connectivity index (χ0n) is 13.1. The van der Waals surface area contributed by atoms with Gasteiger partial charge in [0.25, 0.3) is 0 Å². The third-order valence-corrected chi connectivity index (χ3v) is 3.62. The molecule has 0 atom stereocenters. The molecule has 0 heterocycles. The van der Waals surface area contributed by atoms with E-state index < -0.39 is 0 Å². The van der Waals surface area contributed by atoms with Crippen molar-refractivity contribution < 1.29 is 9.90 Å². The van der Waals surface area contributed by atoms with Crippen LogP contribution < -0.4 is 10.9 Å². The van der Waals surface area contributed by atoms with Gasteiger partial charge in [-0.05, 0) is 41.0 Å². The van der Waals surface area contributed by atoms with Gasteiger partial charge >= 0.3 is 0 Å². The molecule has 0 bridgehead atoms. The zero-order chi connectivity index (χ0) is 16.8. The number of benzene rings is 3. The van der Waals surface area contributed by atoms with Gasteiger partial charge < -0.3 is 5.11 Å². The van der Waals surface area contributed by atoms with Gasteiger partial charge in [-0.15, -0.1) is 0 Å². The molecule has 0 aliphatic rings. The molecule has 24 heavy (non-hydrogen) atoms. The smallest absolute Gasteiger partial charge is 0.242 e. The molecule has 1 amide bonds. The van der Waals surface area contributed by atoms with E-state index in [1.165, 1.54) is 0 Å². The molecular weight excluding hydrogens is 300 g/mol. The number of aromatic hydroxyl groups is 1. The van der Waals surface area contributed by atoms with Crippen molar-refractivity contribution in [2.45, 2.75) is 6.42 Å². The van der Waals surface area contributed by atoms with Crippen molar-refractivity contribution in [3.05, 3.63) is 84.4 Å². The fourth-order valence-corrected chi connectivity index (χ4v) is 2.39. The Labute approximate surface area is 140 Å². The predicted octanol–water partition coefficient (Wildman–Crippen LogP) is 3.75. The van der Waals surface area contributed by atoms with Crippen molar-refractivity contribution in [1.82, 2.24) is 5.43 Å². The van der Waals surface area contributed by atoms with E-state index in [1.807, 2.05) is 54.6 Å². The first-order valence-electron chi connectivity index (χ1n) is 7.69. The highest BCUT2D eigenvalue weighted by atomic mass is 16.3. The van der Waals surface area contributed by atoms with Gasteiger partial charge in [-0.2, -0.15) is 0 Å². The minimum Gasteiger partial charge on any atom is -0.508 e. The van der Waals surface area contributed by atoms with E-state index >= 15 is 0 Å². The van der Waals surface area contributed by atoms with Gasteiger partial charge in [-0.3, -0.25) is 15.6 Å². The molecule has 0 aromatic heterocycles.